The van der Waals surface area contributed by atoms with Gasteiger partial charge in [-0.05, 0) is 25.5 Å². The van der Waals surface area contributed by atoms with Gasteiger partial charge >= 0.3 is 0 Å². The van der Waals surface area contributed by atoms with E-state index in [2.05, 4.69) is 41.5 Å². The zero-order chi connectivity index (χ0) is 12.0. The van der Waals surface area contributed by atoms with Crippen molar-refractivity contribution in [2.24, 2.45) is 5.84 Å². The highest BCUT2D eigenvalue weighted by Crippen LogP contribution is 2.13. The fourth-order valence-corrected chi connectivity index (χ4v) is 1.48. The lowest BCUT2D eigenvalue weighted by Crippen LogP contribution is -2.30. The Morgan fingerprint density at radius 1 is 1.38 bits per heavy atom. The Balaban J connectivity index is 2.37. The number of aryl methyl sites for hydroxylation is 1. The molecule has 0 heterocycles. The minimum atomic E-state index is -0.114. The molecule has 1 rings (SSSR count). The maximum Gasteiger partial charge on any atom is 0.233 e. The molecule has 0 saturated heterocycles. The number of carbonyl (C=O) groups excluding carboxylic acids is 1. The molecule has 0 bridgehead atoms. The first-order chi connectivity index (χ1) is 7.63. The average Bonchev–Trinajstić information content (AvgIpc) is 2.29. The van der Waals surface area contributed by atoms with E-state index in [4.69, 9.17) is 5.84 Å². The van der Waals surface area contributed by atoms with Crippen molar-refractivity contribution in [2.45, 2.75) is 19.8 Å². The summed E-state index contributed by atoms with van der Waals surface area (Å²) in [4.78, 5) is 13.0. The third kappa shape index (κ3) is 3.90. The van der Waals surface area contributed by atoms with Crippen molar-refractivity contribution in [2.75, 3.05) is 18.5 Å². The predicted octanol–water partition coefficient (Wildman–Crippen LogP) is 1.20. The number of anilines is 1. The Hall–Kier alpha value is -1.55. The molecule has 0 fully saturated rings. The first-order valence-corrected chi connectivity index (χ1v) is 5.40. The van der Waals surface area contributed by atoms with Gasteiger partial charge in [0.25, 0.3) is 0 Å². The molecule has 4 heteroatoms. The van der Waals surface area contributed by atoms with Crippen LogP contribution < -0.4 is 16.2 Å². The van der Waals surface area contributed by atoms with E-state index in [9.17, 15) is 4.79 Å². The van der Waals surface area contributed by atoms with E-state index in [-0.39, 0.29) is 5.91 Å². The van der Waals surface area contributed by atoms with Gasteiger partial charge < -0.3 is 4.90 Å². The second-order valence-electron chi connectivity index (χ2n) is 3.93. The van der Waals surface area contributed by atoms with Crippen LogP contribution in [0.15, 0.2) is 24.3 Å². The summed E-state index contributed by atoms with van der Waals surface area (Å²) >= 11 is 0. The second-order valence-corrected chi connectivity index (χ2v) is 3.93. The minimum Gasteiger partial charge on any atom is -0.375 e. The molecule has 0 aromatic heterocycles. The largest absolute Gasteiger partial charge is 0.375 e. The molecule has 16 heavy (non-hydrogen) atoms. The Bertz CT molecular complexity index is 335. The highest BCUT2D eigenvalue weighted by atomic mass is 16.2. The lowest BCUT2D eigenvalue weighted by Gasteiger charge is -2.19. The molecule has 0 spiro atoms. The summed E-state index contributed by atoms with van der Waals surface area (Å²) in [6.45, 7) is 2.91. The van der Waals surface area contributed by atoms with Gasteiger partial charge in [-0.1, -0.05) is 17.7 Å². The zero-order valence-corrected chi connectivity index (χ0v) is 9.86. The van der Waals surface area contributed by atoms with Gasteiger partial charge in [0.05, 0.1) is 0 Å². The van der Waals surface area contributed by atoms with Gasteiger partial charge in [0, 0.05) is 25.7 Å². The third-order valence-electron chi connectivity index (χ3n) is 2.53. The number of nitrogens with two attached hydrogens (primary N) is 1. The van der Waals surface area contributed by atoms with Crippen molar-refractivity contribution in [3.05, 3.63) is 29.8 Å². The third-order valence-corrected chi connectivity index (χ3v) is 2.53. The lowest BCUT2D eigenvalue weighted by atomic mass is 10.2. The number of hydrogen-bond acceptors (Lipinski definition) is 3. The predicted molar refractivity (Wildman–Crippen MR) is 66.0 cm³/mol. The second kappa shape index (κ2) is 6.12. The molecule has 0 aliphatic carbocycles. The van der Waals surface area contributed by atoms with Gasteiger partial charge in [-0.2, -0.15) is 0 Å². The number of carbonyl (C=O) groups is 1. The van der Waals surface area contributed by atoms with Crippen LogP contribution in [-0.4, -0.2) is 19.5 Å². The summed E-state index contributed by atoms with van der Waals surface area (Å²) in [5.41, 5.74) is 4.54. The van der Waals surface area contributed by atoms with Crippen LogP contribution in [0.3, 0.4) is 0 Å². The summed E-state index contributed by atoms with van der Waals surface area (Å²) in [6.07, 6.45) is 1.26. The van der Waals surface area contributed by atoms with E-state index in [1.807, 2.05) is 7.05 Å². The standard InChI is InChI=1S/C12H19N3O/c1-10-5-7-11(8-6-10)15(2)9-3-4-12(16)14-13/h5-8H,3-4,9,13H2,1-2H3,(H,14,16). The Morgan fingerprint density at radius 3 is 2.56 bits per heavy atom. The number of rotatable bonds is 5. The molecule has 1 aromatic carbocycles. The fraction of sp³-hybridized carbons (Fsp3) is 0.417. The molecule has 0 unspecified atom stereocenters. The van der Waals surface area contributed by atoms with Crippen molar-refractivity contribution in [3.63, 3.8) is 0 Å². The minimum absolute atomic E-state index is 0.114. The molecule has 4 nitrogen and oxygen atoms in total. The van der Waals surface area contributed by atoms with Crippen LogP contribution >= 0.6 is 0 Å². The molecule has 1 amide bonds. The molecule has 0 aliphatic heterocycles. The highest BCUT2D eigenvalue weighted by molar-refractivity contribution is 5.75. The number of amides is 1. The van der Waals surface area contributed by atoms with Crippen LogP contribution in [0.25, 0.3) is 0 Å². The van der Waals surface area contributed by atoms with Gasteiger partial charge in [-0.3, -0.25) is 10.2 Å². The number of nitrogens with one attached hydrogen (secondary N) is 1. The molecule has 1 aromatic rings. The van der Waals surface area contributed by atoms with Crippen LogP contribution in [0, 0.1) is 6.92 Å². The van der Waals surface area contributed by atoms with E-state index < -0.39 is 0 Å². The zero-order valence-electron chi connectivity index (χ0n) is 9.86. The van der Waals surface area contributed by atoms with Crippen molar-refractivity contribution in [1.82, 2.24) is 5.43 Å². The average molecular weight is 221 g/mol. The summed E-state index contributed by atoms with van der Waals surface area (Å²) < 4.78 is 0. The van der Waals surface area contributed by atoms with Gasteiger partial charge in [0.15, 0.2) is 0 Å². The van der Waals surface area contributed by atoms with E-state index in [0.29, 0.717) is 6.42 Å². The van der Waals surface area contributed by atoms with E-state index >= 15 is 0 Å². The molecular formula is C12H19N3O. The SMILES string of the molecule is Cc1ccc(N(C)CCCC(=O)NN)cc1. The normalized spacial score (nSPS) is 9.94. The first kappa shape index (κ1) is 12.5. The lowest BCUT2D eigenvalue weighted by molar-refractivity contribution is -0.121. The highest BCUT2D eigenvalue weighted by Gasteiger charge is 2.02. The number of hydrazine groups is 1. The van der Waals surface area contributed by atoms with Crippen molar-refractivity contribution < 1.29 is 4.79 Å². The quantitative estimate of drug-likeness (QED) is 0.446. The Labute approximate surface area is 96.4 Å². The van der Waals surface area contributed by atoms with E-state index in [1.165, 1.54) is 11.3 Å². The van der Waals surface area contributed by atoms with Crippen LogP contribution in [0.4, 0.5) is 5.69 Å². The monoisotopic (exact) mass is 221 g/mol. The van der Waals surface area contributed by atoms with Gasteiger partial charge in [-0.15, -0.1) is 0 Å². The van der Waals surface area contributed by atoms with Crippen LogP contribution in [-0.2, 0) is 4.79 Å². The molecule has 0 saturated carbocycles. The van der Waals surface area contributed by atoms with Gasteiger partial charge in [-0.25, -0.2) is 5.84 Å². The Kier molecular flexibility index (Phi) is 4.79. The molecule has 0 atom stereocenters. The summed E-state index contributed by atoms with van der Waals surface area (Å²) in [5.74, 6) is 4.89. The number of benzene rings is 1. The molecular weight excluding hydrogens is 202 g/mol. The van der Waals surface area contributed by atoms with E-state index in [0.717, 1.165) is 13.0 Å². The maximum atomic E-state index is 10.9. The molecule has 0 radical (unpaired) electrons. The van der Waals surface area contributed by atoms with Crippen molar-refractivity contribution >= 4 is 11.6 Å². The summed E-state index contributed by atoms with van der Waals surface area (Å²) in [5, 5.41) is 0. The maximum absolute atomic E-state index is 10.9. The molecule has 0 aliphatic rings. The summed E-state index contributed by atoms with van der Waals surface area (Å²) in [6, 6.07) is 8.33. The smallest absolute Gasteiger partial charge is 0.233 e. The van der Waals surface area contributed by atoms with Gasteiger partial charge in [0.2, 0.25) is 5.91 Å². The Morgan fingerprint density at radius 2 is 2.00 bits per heavy atom. The van der Waals surface area contributed by atoms with Crippen molar-refractivity contribution in [3.8, 4) is 0 Å². The van der Waals surface area contributed by atoms with Crippen LogP contribution in [0.2, 0.25) is 0 Å². The topological polar surface area (TPSA) is 58.4 Å². The summed E-state index contributed by atoms with van der Waals surface area (Å²) in [7, 11) is 2.02. The fourth-order valence-electron chi connectivity index (χ4n) is 1.48. The number of hydrogen-bond donors (Lipinski definition) is 2. The molecule has 88 valence electrons. The van der Waals surface area contributed by atoms with Crippen LogP contribution in [0.5, 0.6) is 0 Å². The van der Waals surface area contributed by atoms with Crippen LogP contribution in [0.1, 0.15) is 18.4 Å². The van der Waals surface area contributed by atoms with E-state index in [1.54, 1.807) is 0 Å². The molecule has 3 N–H and O–H groups in total. The first-order valence-electron chi connectivity index (χ1n) is 5.40. The van der Waals surface area contributed by atoms with Crippen molar-refractivity contribution in [1.29, 1.82) is 0 Å². The van der Waals surface area contributed by atoms with Gasteiger partial charge in [0.1, 0.15) is 0 Å². The number of nitrogens with zero attached hydrogens (tertiary/aromatic N) is 1.